The van der Waals surface area contributed by atoms with Crippen LogP contribution in [-0.4, -0.2) is 0 Å². The zero-order valence-corrected chi connectivity index (χ0v) is 6.51. The second kappa shape index (κ2) is 3.51. The fraction of sp³-hybridized carbons (Fsp3) is 0.222. The van der Waals surface area contributed by atoms with Crippen LogP contribution in [0.15, 0.2) is 18.2 Å². The van der Waals surface area contributed by atoms with Crippen LogP contribution in [0.3, 0.4) is 0 Å². The molecule has 0 heterocycles. The summed E-state index contributed by atoms with van der Waals surface area (Å²) in [6, 6.07) is 5.93. The van der Waals surface area contributed by atoms with Gasteiger partial charge in [0.2, 0.25) is 0 Å². The maximum atomic E-state index is 5.47. The molecule has 59 valence electrons. The highest BCUT2D eigenvalue weighted by molar-refractivity contribution is 5.33. The highest BCUT2D eigenvalue weighted by atomic mass is 14.5. The average molecular weight is 149 g/mol. The van der Waals surface area contributed by atoms with Crippen LogP contribution < -0.4 is 11.5 Å². The monoisotopic (exact) mass is 149 g/mol. The molecule has 0 aliphatic carbocycles. The standard InChI is InChI=1S/C9H13N2/c1-7-4-8(5-10)2-3-9(7)6-11/h2-4H,1,5-6,10-11H2. The maximum absolute atomic E-state index is 5.47. The maximum Gasteiger partial charge on any atom is 0.0180 e. The molecule has 2 nitrogen and oxygen atoms in total. The Hall–Kier alpha value is -0.860. The molecule has 0 bridgehead atoms. The van der Waals surface area contributed by atoms with Gasteiger partial charge in [0.05, 0.1) is 0 Å². The van der Waals surface area contributed by atoms with Gasteiger partial charge in [-0.05, 0) is 23.6 Å². The molecule has 0 saturated heterocycles. The molecule has 4 N–H and O–H groups in total. The van der Waals surface area contributed by atoms with Crippen molar-refractivity contribution in [1.82, 2.24) is 0 Å². The lowest BCUT2D eigenvalue weighted by Gasteiger charge is -2.03. The summed E-state index contributed by atoms with van der Waals surface area (Å²) >= 11 is 0. The van der Waals surface area contributed by atoms with Crippen LogP contribution in [0.5, 0.6) is 0 Å². The molecule has 1 radical (unpaired) electrons. The van der Waals surface area contributed by atoms with Gasteiger partial charge in [-0.2, -0.15) is 0 Å². The summed E-state index contributed by atoms with van der Waals surface area (Å²) in [5.74, 6) is 0. The number of hydrogen-bond acceptors (Lipinski definition) is 2. The van der Waals surface area contributed by atoms with E-state index < -0.39 is 0 Å². The summed E-state index contributed by atoms with van der Waals surface area (Å²) in [5, 5.41) is 0. The second-order valence-corrected chi connectivity index (χ2v) is 2.51. The predicted molar refractivity (Wildman–Crippen MR) is 46.7 cm³/mol. The Morgan fingerprint density at radius 2 is 1.91 bits per heavy atom. The minimum atomic E-state index is 0.545. The number of hydrogen-bond donors (Lipinski definition) is 2. The van der Waals surface area contributed by atoms with E-state index in [1.54, 1.807) is 0 Å². The quantitative estimate of drug-likeness (QED) is 0.653. The molecule has 1 aromatic carbocycles. The van der Waals surface area contributed by atoms with Gasteiger partial charge in [0.1, 0.15) is 0 Å². The fourth-order valence-electron chi connectivity index (χ4n) is 1.01. The van der Waals surface area contributed by atoms with Crippen molar-refractivity contribution >= 4 is 0 Å². The summed E-state index contributed by atoms with van der Waals surface area (Å²) in [7, 11) is 0. The first-order valence-electron chi connectivity index (χ1n) is 3.62. The third kappa shape index (κ3) is 1.79. The topological polar surface area (TPSA) is 52.0 Å². The Kier molecular flexibility index (Phi) is 2.63. The van der Waals surface area contributed by atoms with Crippen molar-refractivity contribution in [2.24, 2.45) is 11.5 Å². The Labute approximate surface area is 67.2 Å². The summed E-state index contributed by atoms with van der Waals surface area (Å²) in [6.07, 6.45) is 0. The lowest BCUT2D eigenvalue weighted by Crippen LogP contribution is -2.01. The molecule has 0 unspecified atom stereocenters. The molecular formula is C9H13N2. The third-order valence-electron chi connectivity index (χ3n) is 1.73. The minimum absolute atomic E-state index is 0.545. The van der Waals surface area contributed by atoms with Crippen molar-refractivity contribution in [1.29, 1.82) is 0 Å². The largest absolute Gasteiger partial charge is 0.326 e. The molecule has 1 aromatic rings. The number of rotatable bonds is 2. The van der Waals surface area contributed by atoms with E-state index in [9.17, 15) is 0 Å². The first kappa shape index (κ1) is 8.24. The molecule has 0 aliphatic rings. The zero-order chi connectivity index (χ0) is 8.27. The van der Waals surface area contributed by atoms with Crippen LogP contribution in [0.4, 0.5) is 0 Å². The molecule has 2 heteroatoms. The number of benzene rings is 1. The van der Waals surface area contributed by atoms with Crippen LogP contribution in [0.1, 0.15) is 16.7 Å². The molecule has 0 fully saturated rings. The molecule has 0 saturated carbocycles. The summed E-state index contributed by atoms with van der Waals surface area (Å²) in [6.45, 7) is 4.97. The van der Waals surface area contributed by atoms with Crippen molar-refractivity contribution in [3.05, 3.63) is 41.8 Å². The predicted octanol–water partition coefficient (Wildman–Crippen LogP) is 0.786. The average Bonchev–Trinajstić information content (AvgIpc) is 2.04. The number of nitrogens with two attached hydrogens (primary N) is 2. The van der Waals surface area contributed by atoms with E-state index in [0.717, 1.165) is 16.7 Å². The highest BCUT2D eigenvalue weighted by Crippen LogP contribution is 2.09. The van der Waals surface area contributed by atoms with Gasteiger partial charge in [0.25, 0.3) is 0 Å². The van der Waals surface area contributed by atoms with Crippen LogP contribution in [0.2, 0.25) is 0 Å². The highest BCUT2D eigenvalue weighted by Gasteiger charge is 1.95. The summed E-state index contributed by atoms with van der Waals surface area (Å²) < 4.78 is 0. The SMILES string of the molecule is [CH2]c1cc(CN)ccc1CN. The van der Waals surface area contributed by atoms with Gasteiger partial charge in [0.15, 0.2) is 0 Å². The van der Waals surface area contributed by atoms with E-state index in [2.05, 4.69) is 6.92 Å². The van der Waals surface area contributed by atoms with Gasteiger partial charge in [-0.15, -0.1) is 0 Å². The normalized spacial score (nSPS) is 10.1. The molecule has 0 aliphatic heterocycles. The van der Waals surface area contributed by atoms with E-state index in [1.807, 2.05) is 18.2 Å². The van der Waals surface area contributed by atoms with Gasteiger partial charge >= 0.3 is 0 Å². The Morgan fingerprint density at radius 1 is 1.18 bits per heavy atom. The summed E-state index contributed by atoms with van der Waals surface area (Å²) in [5.41, 5.74) is 14.1. The van der Waals surface area contributed by atoms with Gasteiger partial charge in [-0.3, -0.25) is 0 Å². The van der Waals surface area contributed by atoms with E-state index in [1.165, 1.54) is 0 Å². The Morgan fingerprint density at radius 3 is 2.36 bits per heavy atom. The first-order chi connectivity index (χ1) is 5.27. The van der Waals surface area contributed by atoms with Crippen molar-refractivity contribution < 1.29 is 0 Å². The van der Waals surface area contributed by atoms with Crippen molar-refractivity contribution in [2.45, 2.75) is 13.1 Å². The molecule has 0 atom stereocenters. The van der Waals surface area contributed by atoms with E-state index in [0.29, 0.717) is 13.1 Å². The van der Waals surface area contributed by atoms with Gasteiger partial charge < -0.3 is 11.5 Å². The molecular weight excluding hydrogens is 136 g/mol. The van der Waals surface area contributed by atoms with Crippen molar-refractivity contribution in [3.63, 3.8) is 0 Å². The summed E-state index contributed by atoms with van der Waals surface area (Å²) in [4.78, 5) is 0. The van der Waals surface area contributed by atoms with E-state index in [4.69, 9.17) is 11.5 Å². The lowest BCUT2D eigenvalue weighted by atomic mass is 10.1. The molecule has 11 heavy (non-hydrogen) atoms. The smallest absolute Gasteiger partial charge is 0.0180 e. The van der Waals surface area contributed by atoms with Crippen LogP contribution >= 0.6 is 0 Å². The van der Waals surface area contributed by atoms with E-state index in [-0.39, 0.29) is 0 Å². The Bertz CT molecular complexity index is 243. The molecule has 0 aromatic heterocycles. The second-order valence-electron chi connectivity index (χ2n) is 2.51. The fourth-order valence-corrected chi connectivity index (χ4v) is 1.01. The minimum Gasteiger partial charge on any atom is -0.326 e. The molecule has 0 spiro atoms. The van der Waals surface area contributed by atoms with Crippen LogP contribution in [-0.2, 0) is 13.1 Å². The van der Waals surface area contributed by atoms with Crippen molar-refractivity contribution in [2.75, 3.05) is 0 Å². The van der Waals surface area contributed by atoms with Gasteiger partial charge in [-0.25, -0.2) is 0 Å². The lowest BCUT2D eigenvalue weighted by molar-refractivity contribution is 1.03. The molecule has 1 rings (SSSR count). The van der Waals surface area contributed by atoms with Gasteiger partial charge in [-0.1, -0.05) is 18.2 Å². The molecule has 0 amide bonds. The van der Waals surface area contributed by atoms with E-state index >= 15 is 0 Å². The van der Waals surface area contributed by atoms with Crippen molar-refractivity contribution in [3.8, 4) is 0 Å². The van der Waals surface area contributed by atoms with Gasteiger partial charge in [0, 0.05) is 13.1 Å². The third-order valence-corrected chi connectivity index (χ3v) is 1.73. The van der Waals surface area contributed by atoms with Crippen LogP contribution in [0.25, 0.3) is 0 Å². The first-order valence-corrected chi connectivity index (χ1v) is 3.62. The zero-order valence-electron chi connectivity index (χ0n) is 6.51. The Balaban J connectivity index is 2.99. The van der Waals surface area contributed by atoms with Crippen LogP contribution in [0, 0.1) is 6.92 Å².